The van der Waals surface area contributed by atoms with Gasteiger partial charge in [-0.25, -0.2) is 0 Å². The van der Waals surface area contributed by atoms with Crippen molar-refractivity contribution in [1.82, 2.24) is 9.80 Å². The van der Waals surface area contributed by atoms with E-state index < -0.39 is 12.0 Å². The number of carboxylic acids is 1. The van der Waals surface area contributed by atoms with Gasteiger partial charge in [-0.05, 0) is 80.9 Å². The molecule has 0 aliphatic carbocycles. The van der Waals surface area contributed by atoms with Gasteiger partial charge in [0.25, 0.3) is 0 Å². The zero-order valence-electron chi connectivity index (χ0n) is 20.0. The average molecular weight is 464 g/mol. The van der Waals surface area contributed by atoms with Crippen molar-refractivity contribution in [2.75, 3.05) is 31.5 Å². The van der Waals surface area contributed by atoms with Crippen molar-refractivity contribution in [2.45, 2.75) is 64.0 Å². The van der Waals surface area contributed by atoms with Crippen LogP contribution in [0, 0.1) is 0 Å². The first kappa shape index (κ1) is 24.3. The second kappa shape index (κ2) is 12.0. The fraction of sp³-hybridized carbons (Fsp3) is 0.500. The molecule has 6 nitrogen and oxygen atoms in total. The van der Waals surface area contributed by atoms with Gasteiger partial charge in [0.1, 0.15) is 6.04 Å². The van der Waals surface area contributed by atoms with E-state index in [0.717, 1.165) is 30.5 Å². The number of benzene rings is 2. The lowest BCUT2D eigenvalue weighted by Gasteiger charge is -2.26. The average Bonchev–Trinajstić information content (AvgIpc) is 2.97. The lowest BCUT2D eigenvalue weighted by atomic mass is 10.0. The number of hydrogen-bond donors (Lipinski definition) is 2. The lowest BCUT2D eigenvalue weighted by molar-refractivity contribution is -0.141. The van der Waals surface area contributed by atoms with Gasteiger partial charge in [0.2, 0.25) is 5.91 Å². The number of amides is 1. The number of hydrogen-bond acceptors (Lipinski definition) is 4. The molecule has 0 aromatic heterocycles. The molecule has 4 rings (SSSR count). The molecule has 6 heteroatoms. The highest BCUT2D eigenvalue weighted by molar-refractivity contribution is 5.90. The molecular weight excluding hydrogens is 426 g/mol. The Bertz CT molecular complexity index is 957. The third-order valence-corrected chi connectivity index (χ3v) is 7.01. The molecule has 34 heavy (non-hydrogen) atoms. The monoisotopic (exact) mass is 463 g/mol. The Morgan fingerprint density at radius 1 is 0.941 bits per heavy atom. The molecule has 1 atom stereocenters. The number of aliphatic carboxylic acids is 1. The molecule has 0 unspecified atom stereocenters. The van der Waals surface area contributed by atoms with Crippen molar-refractivity contribution in [3.63, 3.8) is 0 Å². The van der Waals surface area contributed by atoms with Gasteiger partial charge in [0, 0.05) is 18.8 Å². The number of carboxylic acid groups (broad SMARTS) is 1. The van der Waals surface area contributed by atoms with Gasteiger partial charge in [-0.2, -0.15) is 0 Å². The summed E-state index contributed by atoms with van der Waals surface area (Å²) < 4.78 is 0. The molecule has 2 aliphatic heterocycles. The molecule has 1 fully saturated rings. The van der Waals surface area contributed by atoms with E-state index >= 15 is 0 Å². The van der Waals surface area contributed by atoms with Crippen LogP contribution in [0.25, 0.3) is 0 Å². The molecule has 1 amide bonds. The van der Waals surface area contributed by atoms with E-state index in [9.17, 15) is 14.7 Å². The molecule has 0 bridgehead atoms. The summed E-state index contributed by atoms with van der Waals surface area (Å²) in [5.74, 6) is -1.11. The highest BCUT2D eigenvalue weighted by Gasteiger charge is 2.30. The number of aryl methyl sites for hydroxylation is 1. The van der Waals surface area contributed by atoms with Crippen molar-refractivity contribution in [3.05, 3.63) is 65.2 Å². The van der Waals surface area contributed by atoms with Crippen LogP contribution in [0.15, 0.2) is 48.5 Å². The summed E-state index contributed by atoms with van der Waals surface area (Å²) in [4.78, 5) is 29.1. The molecule has 182 valence electrons. The summed E-state index contributed by atoms with van der Waals surface area (Å²) in [6, 6.07) is 15.7. The zero-order chi connectivity index (χ0) is 23.8. The normalized spacial score (nSPS) is 18.8. The Kier molecular flexibility index (Phi) is 8.58. The summed E-state index contributed by atoms with van der Waals surface area (Å²) in [6.07, 6.45) is 7.88. The Morgan fingerprint density at radius 3 is 2.50 bits per heavy atom. The molecule has 2 aromatic rings. The quantitative estimate of drug-likeness (QED) is 0.513. The van der Waals surface area contributed by atoms with Gasteiger partial charge >= 0.3 is 5.97 Å². The number of likely N-dealkylation sites (tertiary alicyclic amines) is 1. The first-order valence-electron chi connectivity index (χ1n) is 12.7. The smallest absolute Gasteiger partial charge is 0.305 e. The van der Waals surface area contributed by atoms with Crippen molar-refractivity contribution < 1.29 is 14.7 Å². The topological polar surface area (TPSA) is 72.9 Å². The predicted molar refractivity (Wildman–Crippen MR) is 135 cm³/mol. The summed E-state index contributed by atoms with van der Waals surface area (Å²) >= 11 is 0. The van der Waals surface area contributed by atoms with Crippen LogP contribution in [0.1, 0.15) is 55.2 Å². The van der Waals surface area contributed by atoms with Crippen LogP contribution >= 0.6 is 0 Å². The summed E-state index contributed by atoms with van der Waals surface area (Å²) in [6.45, 7) is 4.72. The van der Waals surface area contributed by atoms with Gasteiger partial charge in [0.05, 0.1) is 6.42 Å². The summed E-state index contributed by atoms with van der Waals surface area (Å²) in [7, 11) is 0. The highest BCUT2D eigenvalue weighted by Crippen LogP contribution is 2.26. The van der Waals surface area contributed by atoms with Crippen molar-refractivity contribution in [1.29, 1.82) is 0 Å². The molecule has 0 spiro atoms. The Hall–Kier alpha value is -2.86. The summed E-state index contributed by atoms with van der Waals surface area (Å²) in [5, 5.41) is 12.7. The van der Waals surface area contributed by atoms with E-state index in [4.69, 9.17) is 0 Å². The number of fused-ring (bicyclic) bond motifs is 1. The van der Waals surface area contributed by atoms with E-state index in [1.54, 1.807) is 4.90 Å². The maximum Gasteiger partial charge on any atom is 0.305 e. The molecule has 0 saturated carbocycles. The van der Waals surface area contributed by atoms with Crippen LogP contribution in [-0.2, 0) is 29.0 Å². The minimum atomic E-state index is -0.967. The molecule has 2 aliphatic rings. The number of nitrogens with one attached hydrogen (secondary N) is 1. The Labute approximate surface area is 203 Å². The molecule has 2 heterocycles. The van der Waals surface area contributed by atoms with Gasteiger partial charge in [-0.15, -0.1) is 0 Å². The number of carbonyl (C=O) groups excluding carboxylic acids is 1. The largest absolute Gasteiger partial charge is 0.481 e. The van der Waals surface area contributed by atoms with E-state index in [1.165, 1.54) is 56.4 Å². The SMILES string of the molecule is O=C(O)C[C@H]1Nc2cc(CCCCN3CCCCC3)ccc2CN(CCc2ccccc2)C1=O. The predicted octanol–water partition coefficient (Wildman–Crippen LogP) is 4.34. The Balaban J connectivity index is 1.40. The van der Waals surface area contributed by atoms with Crippen LogP contribution in [0.4, 0.5) is 5.69 Å². The number of unbranched alkanes of at least 4 members (excludes halogenated alkanes) is 1. The second-order valence-corrected chi connectivity index (χ2v) is 9.64. The van der Waals surface area contributed by atoms with Crippen molar-refractivity contribution in [3.8, 4) is 0 Å². The number of carbonyl (C=O) groups is 2. The van der Waals surface area contributed by atoms with E-state index in [1.807, 2.05) is 18.2 Å². The van der Waals surface area contributed by atoms with E-state index in [0.29, 0.717) is 13.1 Å². The minimum absolute atomic E-state index is 0.141. The number of piperidine rings is 1. The Morgan fingerprint density at radius 2 is 1.74 bits per heavy atom. The standard InChI is InChI=1S/C28H37N3O3/c32-27(33)20-26-28(34)31(18-14-22-9-3-1-4-10-22)21-24-13-12-23(19-25(24)29-26)11-5-8-17-30-15-6-2-7-16-30/h1,3-4,9-10,12-13,19,26,29H,2,5-8,11,14-18,20-21H2,(H,32,33)/t26-/m1/s1. The van der Waals surface area contributed by atoms with Gasteiger partial charge in [-0.3, -0.25) is 9.59 Å². The lowest BCUT2D eigenvalue weighted by Crippen LogP contribution is -2.42. The highest BCUT2D eigenvalue weighted by atomic mass is 16.4. The van der Waals surface area contributed by atoms with Crippen LogP contribution in [0.2, 0.25) is 0 Å². The maximum atomic E-state index is 13.2. The third kappa shape index (κ3) is 6.83. The second-order valence-electron chi connectivity index (χ2n) is 9.64. The van der Waals surface area contributed by atoms with Crippen LogP contribution < -0.4 is 5.32 Å². The van der Waals surface area contributed by atoms with Crippen LogP contribution in [0.3, 0.4) is 0 Å². The molecule has 2 N–H and O–H groups in total. The van der Waals surface area contributed by atoms with Crippen LogP contribution in [0.5, 0.6) is 0 Å². The molecule has 1 saturated heterocycles. The molecule has 0 radical (unpaired) electrons. The first-order chi connectivity index (χ1) is 16.6. The van der Waals surface area contributed by atoms with Crippen LogP contribution in [-0.4, -0.2) is 59.0 Å². The van der Waals surface area contributed by atoms with Gasteiger partial charge in [0.15, 0.2) is 0 Å². The molecule has 2 aromatic carbocycles. The van der Waals surface area contributed by atoms with Crippen molar-refractivity contribution >= 4 is 17.6 Å². The number of anilines is 1. The maximum absolute atomic E-state index is 13.2. The fourth-order valence-electron chi connectivity index (χ4n) is 5.06. The third-order valence-electron chi connectivity index (χ3n) is 7.01. The number of nitrogens with zero attached hydrogens (tertiary/aromatic N) is 2. The van der Waals surface area contributed by atoms with Gasteiger partial charge in [-0.1, -0.05) is 48.9 Å². The van der Waals surface area contributed by atoms with E-state index in [2.05, 4.69) is 40.5 Å². The zero-order valence-corrected chi connectivity index (χ0v) is 20.0. The fourth-order valence-corrected chi connectivity index (χ4v) is 5.06. The first-order valence-corrected chi connectivity index (χ1v) is 12.7. The van der Waals surface area contributed by atoms with Gasteiger partial charge < -0.3 is 20.2 Å². The van der Waals surface area contributed by atoms with Crippen molar-refractivity contribution in [2.24, 2.45) is 0 Å². The summed E-state index contributed by atoms with van der Waals surface area (Å²) in [5.41, 5.74) is 4.35. The number of rotatable bonds is 10. The molecular formula is C28H37N3O3. The minimum Gasteiger partial charge on any atom is -0.481 e. The van der Waals surface area contributed by atoms with E-state index in [-0.39, 0.29) is 12.3 Å².